The zero-order chi connectivity index (χ0) is 21.2. The van der Waals surface area contributed by atoms with Crippen molar-refractivity contribution in [1.82, 2.24) is 0 Å². The molecule has 1 aliphatic rings. The van der Waals surface area contributed by atoms with Gasteiger partial charge in [0.2, 0.25) is 0 Å². The van der Waals surface area contributed by atoms with Crippen molar-refractivity contribution in [1.29, 1.82) is 0 Å². The first-order valence-corrected chi connectivity index (χ1v) is 12.0. The van der Waals surface area contributed by atoms with Crippen LogP contribution in [0.4, 0.5) is 0 Å². The maximum absolute atomic E-state index is 9.93. The van der Waals surface area contributed by atoms with E-state index in [9.17, 15) is 15.3 Å². The number of hydrogen-bond donors (Lipinski definition) is 3. The molecule has 3 N–H and O–H groups in total. The summed E-state index contributed by atoms with van der Waals surface area (Å²) in [5.41, 5.74) is 0. The molecule has 0 aromatic rings. The molecule has 0 unspecified atom stereocenters. The standard InChI is InChI=1S/C24H46O5/c1-2-3-4-5-6-7-8-9-10-11-12-13-14-15-16-17-18-28-19-22(26)24-23(27)21(25)20-29-24/h15-16,21-27H,2-14,17-20H2,1H3/b16-15+/t21-,22+,23-,24-/m0/s1. The lowest BCUT2D eigenvalue weighted by atomic mass is 10.0. The number of ether oxygens (including phenoxy) is 2. The highest BCUT2D eigenvalue weighted by atomic mass is 16.5. The van der Waals surface area contributed by atoms with Gasteiger partial charge in [-0.15, -0.1) is 0 Å². The molecular formula is C24H46O5. The van der Waals surface area contributed by atoms with Crippen LogP contribution < -0.4 is 0 Å². The number of rotatable bonds is 19. The van der Waals surface area contributed by atoms with Gasteiger partial charge in [0.1, 0.15) is 24.4 Å². The van der Waals surface area contributed by atoms with Gasteiger partial charge in [0, 0.05) is 0 Å². The summed E-state index contributed by atoms with van der Waals surface area (Å²) in [6.07, 6.45) is 19.2. The summed E-state index contributed by atoms with van der Waals surface area (Å²) in [4.78, 5) is 0. The van der Waals surface area contributed by atoms with E-state index in [1.165, 1.54) is 77.0 Å². The van der Waals surface area contributed by atoms with Gasteiger partial charge in [-0.05, 0) is 19.3 Å². The molecule has 1 heterocycles. The van der Waals surface area contributed by atoms with Crippen molar-refractivity contribution in [2.24, 2.45) is 0 Å². The lowest BCUT2D eigenvalue weighted by molar-refractivity contribution is -0.0806. The molecule has 1 fully saturated rings. The van der Waals surface area contributed by atoms with Crippen LogP contribution in [0.3, 0.4) is 0 Å². The van der Waals surface area contributed by atoms with E-state index in [1.807, 2.05) is 0 Å². The van der Waals surface area contributed by atoms with E-state index in [2.05, 4.69) is 19.1 Å². The van der Waals surface area contributed by atoms with Crippen molar-refractivity contribution < 1.29 is 24.8 Å². The van der Waals surface area contributed by atoms with Crippen LogP contribution in [0, 0.1) is 0 Å². The third-order valence-electron chi connectivity index (χ3n) is 5.68. The Morgan fingerprint density at radius 1 is 0.862 bits per heavy atom. The maximum Gasteiger partial charge on any atom is 0.114 e. The number of hydrogen-bond acceptors (Lipinski definition) is 5. The Morgan fingerprint density at radius 2 is 1.41 bits per heavy atom. The predicted octanol–water partition coefficient (Wildman–Crippen LogP) is 4.52. The minimum absolute atomic E-state index is 0.0603. The molecule has 1 rings (SSSR count). The van der Waals surface area contributed by atoms with Crippen molar-refractivity contribution in [3.63, 3.8) is 0 Å². The normalized spacial score (nSPS) is 23.2. The second-order valence-corrected chi connectivity index (χ2v) is 8.44. The monoisotopic (exact) mass is 414 g/mol. The second kappa shape index (κ2) is 18.3. The van der Waals surface area contributed by atoms with Crippen LogP contribution in [-0.2, 0) is 9.47 Å². The molecule has 0 saturated carbocycles. The van der Waals surface area contributed by atoms with Gasteiger partial charge < -0.3 is 24.8 Å². The predicted molar refractivity (Wildman–Crippen MR) is 118 cm³/mol. The molecule has 0 radical (unpaired) electrons. The third kappa shape index (κ3) is 13.5. The van der Waals surface area contributed by atoms with Crippen LogP contribution in [0.2, 0.25) is 0 Å². The van der Waals surface area contributed by atoms with Gasteiger partial charge in [-0.3, -0.25) is 0 Å². The first-order chi connectivity index (χ1) is 14.2. The Morgan fingerprint density at radius 3 is 1.97 bits per heavy atom. The minimum Gasteiger partial charge on any atom is -0.388 e. The molecule has 0 aromatic carbocycles. The fourth-order valence-corrected chi connectivity index (χ4v) is 3.75. The van der Waals surface area contributed by atoms with Gasteiger partial charge in [-0.1, -0.05) is 89.7 Å². The van der Waals surface area contributed by atoms with Gasteiger partial charge in [0.05, 0.1) is 19.8 Å². The fraction of sp³-hybridized carbons (Fsp3) is 0.917. The smallest absolute Gasteiger partial charge is 0.114 e. The summed E-state index contributed by atoms with van der Waals surface area (Å²) < 4.78 is 10.6. The van der Waals surface area contributed by atoms with Crippen LogP contribution >= 0.6 is 0 Å². The van der Waals surface area contributed by atoms with E-state index in [1.54, 1.807) is 0 Å². The van der Waals surface area contributed by atoms with Gasteiger partial charge in [-0.2, -0.15) is 0 Å². The molecule has 0 spiro atoms. The maximum atomic E-state index is 9.93. The molecule has 5 nitrogen and oxygen atoms in total. The summed E-state index contributed by atoms with van der Waals surface area (Å²) in [6.45, 7) is 2.98. The van der Waals surface area contributed by atoms with E-state index in [0.717, 1.165) is 12.8 Å². The highest BCUT2D eigenvalue weighted by molar-refractivity contribution is 4.88. The lowest BCUT2D eigenvalue weighted by Crippen LogP contribution is -2.40. The number of aliphatic hydroxyl groups is 3. The van der Waals surface area contributed by atoms with Crippen molar-refractivity contribution in [2.45, 2.75) is 121 Å². The van der Waals surface area contributed by atoms with E-state index >= 15 is 0 Å². The molecule has 1 saturated heterocycles. The van der Waals surface area contributed by atoms with Crippen molar-refractivity contribution in [3.8, 4) is 0 Å². The zero-order valence-electron chi connectivity index (χ0n) is 18.6. The highest BCUT2D eigenvalue weighted by Gasteiger charge is 2.39. The molecule has 4 atom stereocenters. The van der Waals surface area contributed by atoms with Gasteiger partial charge in [0.15, 0.2) is 0 Å². The quantitative estimate of drug-likeness (QED) is 0.214. The first kappa shape index (κ1) is 26.6. The third-order valence-corrected chi connectivity index (χ3v) is 5.68. The Bertz CT molecular complexity index is 387. The Kier molecular flexibility index (Phi) is 16.8. The number of allylic oxidation sites excluding steroid dienone is 1. The van der Waals surface area contributed by atoms with Crippen molar-refractivity contribution in [2.75, 3.05) is 19.8 Å². The molecule has 0 bridgehead atoms. The molecule has 0 aliphatic carbocycles. The number of unbranched alkanes of at least 4 members (excludes halogenated alkanes) is 12. The Hall–Kier alpha value is -0.460. The summed E-state index contributed by atoms with van der Waals surface area (Å²) in [5, 5.41) is 29.0. The molecule has 1 aliphatic heterocycles. The number of aliphatic hydroxyl groups excluding tert-OH is 3. The van der Waals surface area contributed by atoms with Crippen molar-refractivity contribution in [3.05, 3.63) is 12.2 Å². The van der Waals surface area contributed by atoms with Gasteiger partial charge >= 0.3 is 0 Å². The topological polar surface area (TPSA) is 79.2 Å². The summed E-state index contributed by atoms with van der Waals surface area (Å²) in [5.74, 6) is 0. The minimum atomic E-state index is -1.04. The van der Waals surface area contributed by atoms with Crippen molar-refractivity contribution >= 4 is 0 Å². The largest absolute Gasteiger partial charge is 0.388 e. The van der Waals surface area contributed by atoms with Gasteiger partial charge in [-0.25, -0.2) is 0 Å². The summed E-state index contributed by atoms with van der Waals surface area (Å²) in [6, 6.07) is 0. The Balaban J connectivity index is 1.80. The molecule has 29 heavy (non-hydrogen) atoms. The molecule has 5 heteroatoms. The van der Waals surface area contributed by atoms with E-state index in [0.29, 0.717) is 6.61 Å². The lowest BCUT2D eigenvalue weighted by Gasteiger charge is -2.20. The van der Waals surface area contributed by atoms with Gasteiger partial charge in [0.25, 0.3) is 0 Å². The van der Waals surface area contributed by atoms with Crippen LogP contribution in [-0.4, -0.2) is 59.6 Å². The first-order valence-electron chi connectivity index (χ1n) is 12.0. The van der Waals surface area contributed by atoms with Crippen LogP contribution in [0.1, 0.15) is 96.8 Å². The molecule has 0 aromatic heterocycles. The van der Waals surface area contributed by atoms with Crippen LogP contribution in [0.15, 0.2) is 12.2 Å². The summed E-state index contributed by atoms with van der Waals surface area (Å²) >= 11 is 0. The zero-order valence-corrected chi connectivity index (χ0v) is 18.6. The molecule has 172 valence electrons. The van der Waals surface area contributed by atoms with E-state index in [4.69, 9.17) is 9.47 Å². The van der Waals surface area contributed by atoms with E-state index < -0.39 is 24.4 Å². The average molecular weight is 415 g/mol. The second-order valence-electron chi connectivity index (χ2n) is 8.44. The Labute approximate surface area is 178 Å². The SMILES string of the molecule is CCCCCCCCCCCCCC/C=C/CCOC[C@@H](O)[C@@H]1OC[C@H](O)[C@@H]1O. The highest BCUT2D eigenvalue weighted by Crippen LogP contribution is 2.18. The van der Waals surface area contributed by atoms with Crippen LogP contribution in [0.5, 0.6) is 0 Å². The summed E-state index contributed by atoms with van der Waals surface area (Å²) in [7, 11) is 0. The average Bonchev–Trinajstić information content (AvgIpc) is 3.05. The molecule has 0 amide bonds. The molecular weight excluding hydrogens is 368 g/mol. The van der Waals surface area contributed by atoms with E-state index in [-0.39, 0.29) is 13.2 Å². The fourth-order valence-electron chi connectivity index (χ4n) is 3.75. The van der Waals surface area contributed by atoms with Crippen LogP contribution in [0.25, 0.3) is 0 Å².